The number of non-ortho nitro benzene ring substituents is 1. The van der Waals surface area contributed by atoms with Gasteiger partial charge in [0.2, 0.25) is 5.91 Å². The Morgan fingerprint density at radius 1 is 1.25 bits per heavy atom. The van der Waals surface area contributed by atoms with Crippen LogP contribution in [0.5, 0.6) is 11.5 Å². The van der Waals surface area contributed by atoms with Crippen LogP contribution in [0.3, 0.4) is 0 Å². The first kappa shape index (κ1) is 17.6. The van der Waals surface area contributed by atoms with Crippen molar-refractivity contribution in [3.05, 3.63) is 63.1 Å². The summed E-state index contributed by atoms with van der Waals surface area (Å²) in [6.07, 6.45) is -0.362. The predicted octanol–water partition coefficient (Wildman–Crippen LogP) is 1.46. The van der Waals surface area contributed by atoms with Crippen molar-refractivity contribution in [3.63, 3.8) is 0 Å². The highest BCUT2D eigenvalue weighted by atomic mass is 16.6. The van der Waals surface area contributed by atoms with Crippen molar-refractivity contribution in [2.75, 3.05) is 13.2 Å². The Bertz CT molecular complexity index is 1120. The molecule has 1 aromatic heterocycles. The molecule has 0 saturated carbocycles. The van der Waals surface area contributed by atoms with Gasteiger partial charge in [-0.05, 0) is 18.2 Å². The van der Waals surface area contributed by atoms with E-state index in [4.69, 9.17) is 13.9 Å². The number of ether oxygens (including phenoxy) is 2. The number of benzene rings is 2. The quantitative estimate of drug-likeness (QED) is 0.520. The normalized spacial score (nSPS) is 15.4. The molecule has 0 spiro atoms. The number of hydrogen-bond donors (Lipinski definition) is 1. The van der Waals surface area contributed by atoms with Crippen molar-refractivity contribution < 1.29 is 23.6 Å². The molecule has 0 saturated heterocycles. The lowest BCUT2D eigenvalue weighted by Gasteiger charge is -2.26. The number of amides is 1. The molecule has 10 heteroatoms. The van der Waals surface area contributed by atoms with Gasteiger partial charge >= 0.3 is 5.76 Å². The maximum absolute atomic E-state index is 12.3. The number of nitrogens with one attached hydrogen (secondary N) is 1. The Morgan fingerprint density at radius 2 is 2.04 bits per heavy atom. The number of fused-ring (bicyclic) bond motifs is 2. The molecule has 1 amide bonds. The molecule has 0 radical (unpaired) electrons. The van der Waals surface area contributed by atoms with Crippen LogP contribution in [0.25, 0.3) is 11.1 Å². The second kappa shape index (κ2) is 7.06. The van der Waals surface area contributed by atoms with Gasteiger partial charge in [0.05, 0.1) is 23.1 Å². The van der Waals surface area contributed by atoms with Crippen molar-refractivity contribution in [3.8, 4) is 11.5 Å². The van der Waals surface area contributed by atoms with Crippen LogP contribution in [0.4, 0.5) is 5.69 Å². The average Bonchev–Trinajstić information content (AvgIpc) is 3.00. The second-order valence-corrected chi connectivity index (χ2v) is 6.16. The lowest BCUT2D eigenvalue weighted by molar-refractivity contribution is -0.384. The van der Waals surface area contributed by atoms with Gasteiger partial charge in [-0.1, -0.05) is 12.1 Å². The van der Waals surface area contributed by atoms with E-state index in [2.05, 4.69) is 5.32 Å². The van der Waals surface area contributed by atoms with E-state index in [-0.39, 0.29) is 37.1 Å². The van der Waals surface area contributed by atoms with E-state index in [1.54, 1.807) is 12.1 Å². The number of carbonyl (C=O) groups excluding carboxylic acids is 1. The minimum Gasteiger partial charge on any atom is -0.486 e. The summed E-state index contributed by atoms with van der Waals surface area (Å²) in [4.78, 5) is 34.5. The lowest BCUT2D eigenvalue weighted by Crippen LogP contribution is -2.42. The highest BCUT2D eigenvalue weighted by molar-refractivity contribution is 5.80. The van der Waals surface area contributed by atoms with E-state index in [1.807, 2.05) is 12.1 Å². The molecule has 1 unspecified atom stereocenters. The number of aromatic nitrogens is 1. The molecule has 144 valence electrons. The zero-order chi connectivity index (χ0) is 19.7. The number of nitro benzene ring substituents is 1. The summed E-state index contributed by atoms with van der Waals surface area (Å²) in [5.41, 5.74) is 0.150. The van der Waals surface area contributed by atoms with Crippen molar-refractivity contribution in [1.29, 1.82) is 0 Å². The van der Waals surface area contributed by atoms with Crippen LogP contribution in [-0.4, -0.2) is 34.7 Å². The summed E-state index contributed by atoms with van der Waals surface area (Å²) >= 11 is 0. The van der Waals surface area contributed by atoms with E-state index >= 15 is 0 Å². The fourth-order valence-corrected chi connectivity index (χ4v) is 2.91. The van der Waals surface area contributed by atoms with Gasteiger partial charge in [-0.3, -0.25) is 19.5 Å². The smallest absolute Gasteiger partial charge is 0.420 e. The van der Waals surface area contributed by atoms with Crippen molar-refractivity contribution >= 4 is 22.7 Å². The number of hydrogen-bond acceptors (Lipinski definition) is 7. The topological polar surface area (TPSA) is 126 Å². The van der Waals surface area contributed by atoms with E-state index in [9.17, 15) is 19.7 Å². The minimum atomic E-state index is -0.767. The van der Waals surface area contributed by atoms with Gasteiger partial charge in [0.1, 0.15) is 19.3 Å². The number of rotatable bonds is 5. The van der Waals surface area contributed by atoms with E-state index < -0.39 is 16.6 Å². The van der Waals surface area contributed by atoms with Crippen LogP contribution in [0.2, 0.25) is 0 Å². The molecule has 4 rings (SSSR count). The molecule has 1 N–H and O–H groups in total. The molecule has 1 aliphatic rings. The molecule has 1 aliphatic heterocycles. The van der Waals surface area contributed by atoms with Crippen LogP contribution in [0.1, 0.15) is 0 Å². The predicted molar refractivity (Wildman–Crippen MR) is 96.5 cm³/mol. The molecular formula is C18H15N3O7. The first-order chi connectivity index (χ1) is 13.5. The summed E-state index contributed by atoms with van der Waals surface area (Å²) < 4.78 is 17.5. The maximum Gasteiger partial charge on any atom is 0.420 e. The van der Waals surface area contributed by atoms with Gasteiger partial charge in [-0.2, -0.15) is 0 Å². The molecule has 3 aromatic rings. The van der Waals surface area contributed by atoms with Crippen LogP contribution >= 0.6 is 0 Å². The summed E-state index contributed by atoms with van der Waals surface area (Å²) in [6.45, 7) is 0.201. The monoisotopic (exact) mass is 385 g/mol. The minimum absolute atomic E-state index is 0.0487. The summed E-state index contributed by atoms with van der Waals surface area (Å²) in [5.74, 6) is 0.0599. The fraction of sp³-hybridized carbons (Fsp3) is 0.222. The summed E-state index contributed by atoms with van der Waals surface area (Å²) in [7, 11) is 0. The van der Waals surface area contributed by atoms with Gasteiger partial charge < -0.3 is 19.2 Å². The molecule has 2 heterocycles. The van der Waals surface area contributed by atoms with Gasteiger partial charge in [0.25, 0.3) is 5.69 Å². The van der Waals surface area contributed by atoms with E-state index in [0.29, 0.717) is 17.0 Å². The van der Waals surface area contributed by atoms with Crippen LogP contribution in [-0.2, 0) is 11.3 Å². The number of para-hydroxylation sites is 2. The third-order valence-electron chi connectivity index (χ3n) is 4.26. The van der Waals surface area contributed by atoms with Crippen molar-refractivity contribution in [2.45, 2.75) is 12.6 Å². The molecule has 2 aromatic carbocycles. The third kappa shape index (κ3) is 3.39. The fourth-order valence-electron chi connectivity index (χ4n) is 2.91. The maximum atomic E-state index is 12.3. The molecule has 1 atom stereocenters. The first-order valence-electron chi connectivity index (χ1n) is 8.44. The summed E-state index contributed by atoms with van der Waals surface area (Å²) in [5, 5.41) is 13.5. The Labute approximate surface area is 157 Å². The first-order valence-corrected chi connectivity index (χ1v) is 8.44. The third-order valence-corrected chi connectivity index (χ3v) is 4.26. The van der Waals surface area contributed by atoms with Gasteiger partial charge in [0.15, 0.2) is 17.1 Å². The number of nitrogens with zero attached hydrogens (tertiary/aromatic N) is 2. The molecule has 28 heavy (non-hydrogen) atoms. The SMILES string of the molecule is O=C(Cn1c(=O)oc2cc([N+](=O)[O-])ccc21)NCC1COc2ccccc2O1. The van der Waals surface area contributed by atoms with Crippen LogP contribution in [0.15, 0.2) is 51.7 Å². The highest BCUT2D eigenvalue weighted by Gasteiger charge is 2.22. The lowest BCUT2D eigenvalue weighted by atomic mass is 10.2. The van der Waals surface area contributed by atoms with E-state index in [1.165, 1.54) is 12.1 Å². The average molecular weight is 385 g/mol. The van der Waals surface area contributed by atoms with E-state index in [0.717, 1.165) is 10.6 Å². The van der Waals surface area contributed by atoms with Crippen LogP contribution in [0, 0.1) is 10.1 Å². The largest absolute Gasteiger partial charge is 0.486 e. The Kier molecular flexibility index (Phi) is 4.44. The number of nitro groups is 1. The number of carbonyl (C=O) groups is 1. The highest BCUT2D eigenvalue weighted by Crippen LogP contribution is 2.30. The number of oxazole rings is 1. The molecule has 0 fully saturated rings. The van der Waals surface area contributed by atoms with Crippen molar-refractivity contribution in [2.24, 2.45) is 0 Å². The Balaban J connectivity index is 1.41. The van der Waals surface area contributed by atoms with Crippen molar-refractivity contribution in [1.82, 2.24) is 9.88 Å². The van der Waals surface area contributed by atoms with Gasteiger partial charge in [-0.25, -0.2) is 4.79 Å². The molecule has 10 nitrogen and oxygen atoms in total. The van der Waals surface area contributed by atoms with Gasteiger partial charge in [-0.15, -0.1) is 0 Å². The molecular weight excluding hydrogens is 370 g/mol. The Morgan fingerprint density at radius 3 is 2.82 bits per heavy atom. The second-order valence-electron chi connectivity index (χ2n) is 6.16. The standard InChI is InChI=1S/C18H15N3O7/c22-17(19-8-12-10-26-14-3-1-2-4-15(14)27-12)9-20-13-6-5-11(21(24)25)7-16(13)28-18(20)23/h1-7,12H,8-10H2,(H,19,22). The zero-order valence-electron chi connectivity index (χ0n) is 14.5. The van der Waals surface area contributed by atoms with Gasteiger partial charge in [0, 0.05) is 6.07 Å². The summed E-state index contributed by atoms with van der Waals surface area (Å²) in [6, 6.07) is 11.0. The Hall–Kier alpha value is -3.82. The van der Waals surface area contributed by atoms with Crippen LogP contribution < -0.4 is 20.5 Å². The molecule has 0 bridgehead atoms. The molecule has 0 aliphatic carbocycles. The zero-order valence-corrected chi connectivity index (χ0v) is 14.5.